The fourth-order valence-electron chi connectivity index (χ4n) is 2.87. The summed E-state index contributed by atoms with van der Waals surface area (Å²) in [6.45, 7) is 1.08. The summed E-state index contributed by atoms with van der Waals surface area (Å²) in [6.07, 6.45) is 1.16. The van der Waals surface area contributed by atoms with E-state index >= 15 is 0 Å². The number of carbonyl (C=O) groups is 2. The van der Waals surface area contributed by atoms with Crippen molar-refractivity contribution in [2.24, 2.45) is 0 Å². The molecule has 1 unspecified atom stereocenters. The number of amides is 1. The van der Waals surface area contributed by atoms with Crippen LogP contribution in [0.25, 0.3) is 0 Å². The second kappa shape index (κ2) is 6.58. The number of ketones is 1. The fraction of sp³-hybridized carbons (Fsp3) is 0.278. The minimum atomic E-state index is -1.71. The van der Waals surface area contributed by atoms with Crippen molar-refractivity contribution in [2.75, 3.05) is 0 Å². The standard InChI is InChI=1S/C18H16F2N2O5/c1-18(27)4-5-22-8-11(14(23)15(24)13(22)16(18)25)17(26)21-7-9-2-3-10(19)6-12(9)20/h2-3,6,8,24,27H,4-5,7H2,1H3,(H,21,26). The average Bonchev–Trinajstić information content (AvgIpc) is 2.60. The lowest BCUT2D eigenvalue weighted by atomic mass is 9.90. The Morgan fingerprint density at radius 1 is 1.33 bits per heavy atom. The van der Waals surface area contributed by atoms with Crippen molar-refractivity contribution in [3.63, 3.8) is 0 Å². The molecule has 0 bridgehead atoms. The Morgan fingerprint density at radius 2 is 2.04 bits per heavy atom. The number of aryl methyl sites for hydroxylation is 1. The van der Waals surface area contributed by atoms with Crippen molar-refractivity contribution in [1.29, 1.82) is 0 Å². The molecule has 0 saturated carbocycles. The largest absolute Gasteiger partial charge is 0.503 e. The van der Waals surface area contributed by atoms with Crippen molar-refractivity contribution in [3.05, 3.63) is 63.1 Å². The van der Waals surface area contributed by atoms with Crippen molar-refractivity contribution in [3.8, 4) is 5.75 Å². The molecule has 2 heterocycles. The lowest BCUT2D eigenvalue weighted by Crippen LogP contribution is -2.43. The van der Waals surface area contributed by atoms with Crippen LogP contribution in [0.15, 0.2) is 29.2 Å². The zero-order chi connectivity index (χ0) is 19.9. The highest BCUT2D eigenvalue weighted by molar-refractivity contribution is 6.04. The quantitative estimate of drug-likeness (QED) is 0.741. The monoisotopic (exact) mass is 378 g/mol. The van der Waals surface area contributed by atoms with Gasteiger partial charge >= 0.3 is 0 Å². The van der Waals surface area contributed by atoms with E-state index in [4.69, 9.17) is 0 Å². The van der Waals surface area contributed by atoms with Gasteiger partial charge in [0.05, 0.1) is 0 Å². The number of fused-ring (bicyclic) bond motifs is 1. The number of rotatable bonds is 3. The molecule has 0 saturated heterocycles. The van der Waals surface area contributed by atoms with Gasteiger partial charge in [0, 0.05) is 37.3 Å². The van der Waals surface area contributed by atoms with Crippen molar-refractivity contribution >= 4 is 11.7 Å². The van der Waals surface area contributed by atoms with Gasteiger partial charge in [0.25, 0.3) is 5.91 Å². The van der Waals surface area contributed by atoms with Crippen molar-refractivity contribution < 1.29 is 28.6 Å². The third kappa shape index (κ3) is 3.33. The van der Waals surface area contributed by atoms with Gasteiger partial charge < -0.3 is 20.1 Å². The van der Waals surface area contributed by atoms with E-state index in [1.165, 1.54) is 11.5 Å². The molecule has 3 rings (SSSR count). The second-order valence-corrected chi connectivity index (χ2v) is 6.53. The lowest BCUT2D eigenvalue weighted by Gasteiger charge is -2.30. The van der Waals surface area contributed by atoms with Crippen LogP contribution in [0.2, 0.25) is 0 Å². The zero-order valence-corrected chi connectivity index (χ0v) is 14.3. The molecule has 0 radical (unpaired) electrons. The molecule has 1 aliphatic heterocycles. The highest BCUT2D eigenvalue weighted by atomic mass is 19.1. The van der Waals surface area contributed by atoms with Crippen LogP contribution in [0.4, 0.5) is 8.78 Å². The topological polar surface area (TPSA) is 109 Å². The average molecular weight is 378 g/mol. The molecule has 1 aliphatic rings. The third-order valence-corrected chi connectivity index (χ3v) is 4.50. The first-order valence-electron chi connectivity index (χ1n) is 8.07. The molecule has 1 aromatic carbocycles. The summed E-state index contributed by atoms with van der Waals surface area (Å²) < 4.78 is 27.8. The fourth-order valence-corrected chi connectivity index (χ4v) is 2.87. The van der Waals surface area contributed by atoms with E-state index in [0.29, 0.717) is 6.07 Å². The summed E-state index contributed by atoms with van der Waals surface area (Å²) in [4.78, 5) is 36.8. The van der Waals surface area contributed by atoms with E-state index in [2.05, 4.69) is 5.32 Å². The van der Waals surface area contributed by atoms with Crippen LogP contribution in [0.3, 0.4) is 0 Å². The van der Waals surface area contributed by atoms with Crippen LogP contribution in [0, 0.1) is 11.6 Å². The highest BCUT2D eigenvalue weighted by Gasteiger charge is 2.39. The maximum atomic E-state index is 13.6. The zero-order valence-electron chi connectivity index (χ0n) is 14.3. The molecule has 0 fully saturated rings. The number of carbonyl (C=O) groups excluding carboxylic acids is 2. The van der Waals surface area contributed by atoms with Crippen LogP contribution in [-0.2, 0) is 13.1 Å². The summed E-state index contributed by atoms with van der Waals surface area (Å²) in [5.74, 6) is -4.25. The molecule has 3 N–H and O–H groups in total. The lowest BCUT2D eigenvalue weighted by molar-refractivity contribution is 0.0275. The van der Waals surface area contributed by atoms with Crippen molar-refractivity contribution in [1.82, 2.24) is 9.88 Å². The number of benzene rings is 1. The van der Waals surface area contributed by atoms with Crippen LogP contribution in [0.1, 0.15) is 39.8 Å². The first kappa shape index (κ1) is 18.7. The number of nitrogens with one attached hydrogen (secondary N) is 1. The summed E-state index contributed by atoms with van der Waals surface area (Å²) in [5, 5.41) is 22.4. The van der Waals surface area contributed by atoms with Crippen LogP contribution in [-0.4, -0.2) is 32.1 Å². The van der Waals surface area contributed by atoms with Crippen molar-refractivity contribution in [2.45, 2.75) is 32.0 Å². The Labute approximate surface area is 151 Å². The Morgan fingerprint density at radius 3 is 2.70 bits per heavy atom. The van der Waals surface area contributed by atoms with Crippen LogP contribution < -0.4 is 10.7 Å². The Kier molecular flexibility index (Phi) is 4.56. The molecule has 0 spiro atoms. The van der Waals surface area contributed by atoms with Crippen LogP contribution in [0.5, 0.6) is 5.75 Å². The van der Waals surface area contributed by atoms with E-state index in [0.717, 1.165) is 18.3 Å². The first-order chi connectivity index (χ1) is 12.6. The summed E-state index contributed by atoms with van der Waals surface area (Å²) >= 11 is 0. The van der Waals surface area contributed by atoms with E-state index in [-0.39, 0.29) is 30.8 Å². The smallest absolute Gasteiger partial charge is 0.257 e. The number of pyridine rings is 1. The molecular weight excluding hydrogens is 362 g/mol. The van der Waals surface area contributed by atoms with Gasteiger partial charge in [-0.25, -0.2) is 8.78 Å². The summed E-state index contributed by atoms with van der Waals surface area (Å²) in [5.41, 5.74) is -3.58. The van der Waals surface area contributed by atoms with Gasteiger partial charge in [0.15, 0.2) is 5.75 Å². The van der Waals surface area contributed by atoms with E-state index in [9.17, 15) is 33.4 Å². The second-order valence-electron chi connectivity index (χ2n) is 6.53. The predicted molar refractivity (Wildman–Crippen MR) is 89.5 cm³/mol. The number of Topliss-reactive ketones (excluding diaryl/α,β-unsaturated/α-hetero) is 1. The molecule has 1 atom stereocenters. The number of hydrogen-bond donors (Lipinski definition) is 3. The Bertz CT molecular complexity index is 1010. The molecule has 1 aromatic heterocycles. The molecule has 142 valence electrons. The minimum absolute atomic E-state index is 0.0123. The maximum absolute atomic E-state index is 13.6. The van der Waals surface area contributed by atoms with Gasteiger partial charge in [0.2, 0.25) is 11.2 Å². The predicted octanol–water partition coefficient (Wildman–Crippen LogP) is 1.10. The summed E-state index contributed by atoms with van der Waals surface area (Å²) in [7, 11) is 0. The van der Waals surface area contributed by atoms with Gasteiger partial charge in [-0.2, -0.15) is 0 Å². The molecule has 27 heavy (non-hydrogen) atoms. The van der Waals surface area contributed by atoms with Gasteiger partial charge in [-0.05, 0) is 13.0 Å². The highest BCUT2D eigenvalue weighted by Crippen LogP contribution is 2.28. The molecule has 0 aliphatic carbocycles. The van der Waals surface area contributed by atoms with Gasteiger partial charge in [-0.15, -0.1) is 0 Å². The molecule has 2 aromatic rings. The minimum Gasteiger partial charge on any atom is -0.503 e. The molecule has 1 amide bonds. The van der Waals surface area contributed by atoms with E-state index in [1.807, 2.05) is 0 Å². The molecule has 7 nitrogen and oxygen atoms in total. The van der Waals surface area contributed by atoms with E-state index < -0.39 is 45.7 Å². The van der Waals surface area contributed by atoms with Crippen LogP contribution >= 0.6 is 0 Å². The van der Waals surface area contributed by atoms with Gasteiger partial charge in [0.1, 0.15) is 28.5 Å². The Balaban J connectivity index is 1.89. The SMILES string of the molecule is CC1(O)CCn2cc(C(=O)NCc3ccc(F)cc3F)c(=O)c(O)c2C1=O. The Hall–Kier alpha value is -3.07. The third-order valence-electron chi connectivity index (χ3n) is 4.50. The number of aromatic nitrogens is 1. The molecular formula is C18H16F2N2O5. The maximum Gasteiger partial charge on any atom is 0.257 e. The number of aliphatic hydroxyl groups is 1. The van der Waals surface area contributed by atoms with Gasteiger partial charge in [-0.3, -0.25) is 14.4 Å². The molecule has 9 heteroatoms. The number of hydrogen-bond acceptors (Lipinski definition) is 5. The van der Waals surface area contributed by atoms with E-state index in [1.54, 1.807) is 0 Å². The number of aromatic hydroxyl groups is 1. The number of halogens is 2. The number of nitrogens with zero attached hydrogens (tertiary/aromatic N) is 1. The van der Waals surface area contributed by atoms with Gasteiger partial charge in [-0.1, -0.05) is 6.07 Å². The first-order valence-corrected chi connectivity index (χ1v) is 8.07. The summed E-state index contributed by atoms with van der Waals surface area (Å²) in [6, 6.07) is 2.85. The normalized spacial score (nSPS) is 18.9.